The summed E-state index contributed by atoms with van der Waals surface area (Å²) in [6.07, 6.45) is 5.76. The van der Waals surface area contributed by atoms with E-state index in [1.807, 2.05) is 12.1 Å². The molecule has 3 atom stereocenters. The van der Waals surface area contributed by atoms with Crippen LogP contribution in [0.15, 0.2) is 54.9 Å². The van der Waals surface area contributed by atoms with E-state index in [1.165, 1.54) is 48.1 Å². The Morgan fingerprint density at radius 1 is 0.930 bits per heavy atom. The summed E-state index contributed by atoms with van der Waals surface area (Å²) in [6, 6.07) is 15.6. The molecule has 0 aliphatic carbocycles. The van der Waals surface area contributed by atoms with E-state index in [0.29, 0.717) is 66.0 Å². The highest BCUT2D eigenvalue weighted by atomic mass is 35.5. The summed E-state index contributed by atoms with van der Waals surface area (Å²) in [7, 11) is 1.62. The van der Waals surface area contributed by atoms with Crippen LogP contribution in [-0.2, 0) is 22.7 Å². The van der Waals surface area contributed by atoms with Crippen LogP contribution in [0.2, 0.25) is 5.02 Å². The average Bonchev–Trinajstić information content (AvgIpc) is 3.61. The number of anilines is 3. The van der Waals surface area contributed by atoms with Crippen LogP contribution >= 0.6 is 11.6 Å². The van der Waals surface area contributed by atoms with Crippen molar-refractivity contribution in [3.05, 3.63) is 76.8 Å². The van der Waals surface area contributed by atoms with Crippen molar-refractivity contribution < 1.29 is 23.5 Å². The second-order valence-corrected chi connectivity index (χ2v) is 16.5. The number of methoxy groups -OCH3 is 1. The van der Waals surface area contributed by atoms with Crippen LogP contribution in [0.4, 0.5) is 21.6 Å². The lowest BCUT2D eigenvalue weighted by Gasteiger charge is -2.47. The number of benzene rings is 3. The number of carbonyl (C=O) groups excluding carboxylic acids is 2. The molecule has 4 aliphatic rings. The van der Waals surface area contributed by atoms with E-state index in [2.05, 4.69) is 72.2 Å². The first-order valence-electron chi connectivity index (χ1n) is 20.2. The lowest BCUT2D eigenvalue weighted by molar-refractivity contribution is -0.137. The molecule has 0 saturated carbocycles. The number of hydrogen-bond donors (Lipinski definition) is 2. The molecule has 3 saturated heterocycles. The van der Waals surface area contributed by atoms with Crippen LogP contribution in [0.1, 0.15) is 57.1 Å². The fraction of sp³-hybridized carbons (Fsp3) is 0.488. The lowest BCUT2D eigenvalue weighted by atomic mass is 9.94. The third-order valence-electron chi connectivity index (χ3n) is 12.1. The van der Waals surface area contributed by atoms with E-state index in [-0.39, 0.29) is 22.9 Å². The Kier molecular flexibility index (Phi) is 11.8. The molecule has 3 unspecified atom stereocenters. The number of halogens is 2. The maximum atomic E-state index is 13.7. The van der Waals surface area contributed by atoms with Gasteiger partial charge in [-0.2, -0.15) is 0 Å². The molecular weight excluding hydrogens is 747 g/mol. The van der Waals surface area contributed by atoms with Crippen molar-refractivity contribution in [2.24, 2.45) is 5.92 Å². The highest BCUT2D eigenvalue weighted by Crippen LogP contribution is 2.36. The van der Waals surface area contributed by atoms with Gasteiger partial charge < -0.3 is 24.6 Å². The quantitative estimate of drug-likeness (QED) is 0.123. The molecule has 0 radical (unpaired) electrons. The Balaban J connectivity index is 0.787. The van der Waals surface area contributed by atoms with Crippen LogP contribution in [0.5, 0.6) is 11.5 Å². The number of imide groups is 1. The van der Waals surface area contributed by atoms with Crippen LogP contribution in [0, 0.1) is 11.7 Å². The predicted molar refractivity (Wildman–Crippen MR) is 220 cm³/mol. The van der Waals surface area contributed by atoms with Gasteiger partial charge in [0.2, 0.25) is 11.8 Å². The van der Waals surface area contributed by atoms with Gasteiger partial charge in [0.1, 0.15) is 18.0 Å². The molecule has 5 heterocycles. The summed E-state index contributed by atoms with van der Waals surface area (Å²) in [5, 5.41) is 6.53. The third kappa shape index (κ3) is 8.81. The van der Waals surface area contributed by atoms with Crippen molar-refractivity contribution in [2.75, 3.05) is 63.2 Å². The summed E-state index contributed by atoms with van der Waals surface area (Å²) in [4.78, 5) is 43.1. The molecule has 1 aromatic heterocycles. The molecule has 8 rings (SSSR count). The Labute approximate surface area is 338 Å². The lowest BCUT2D eigenvalue weighted by Crippen LogP contribution is -2.58. The van der Waals surface area contributed by atoms with Crippen LogP contribution in [0.3, 0.4) is 0 Å². The summed E-state index contributed by atoms with van der Waals surface area (Å²) < 4.78 is 25.6. The smallest absolute Gasteiger partial charge is 0.243 e. The van der Waals surface area contributed by atoms with Gasteiger partial charge in [-0.05, 0) is 106 Å². The second kappa shape index (κ2) is 17.1. The zero-order valence-corrected chi connectivity index (χ0v) is 33.7. The van der Waals surface area contributed by atoms with Gasteiger partial charge in [0, 0.05) is 80.6 Å². The van der Waals surface area contributed by atoms with E-state index < -0.39 is 5.82 Å². The van der Waals surface area contributed by atoms with Gasteiger partial charge in [0.05, 0.1) is 30.3 Å². The fourth-order valence-electron chi connectivity index (χ4n) is 9.28. The number of ether oxygens (including phenoxy) is 2. The number of nitrogens with zero attached hydrogens (tertiary/aromatic N) is 6. The van der Waals surface area contributed by atoms with Crippen molar-refractivity contribution in [3.63, 3.8) is 0 Å². The van der Waals surface area contributed by atoms with E-state index in [0.717, 1.165) is 64.2 Å². The van der Waals surface area contributed by atoms with E-state index in [9.17, 15) is 14.0 Å². The van der Waals surface area contributed by atoms with Crippen molar-refractivity contribution in [1.82, 2.24) is 30.0 Å². The number of piperidine rings is 2. The molecule has 2 amide bonds. The highest BCUT2D eigenvalue weighted by Gasteiger charge is 2.36. The molecule has 3 fully saturated rings. The summed E-state index contributed by atoms with van der Waals surface area (Å²) in [5.74, 6) is 1.67. The van der Waals surface area contributed by atoms with Crippen molar-refractivity contribution in [2.45, 2.75) is 77.2 Å². The van der Waals surface area contributed by atoms with Crippen LogP contribution in [0.25, 0.3) is 10.9 Å². The molecule has 0 spiro atoms. The molecule has 302 valence electrons. The van der Waals surface area contributed by atoms with Crippen molar-refractivity contribution >= 4 is 51.5 Å². The van der Waals surface area contributed by atoms with Gasteiger partial charge in [0.15, 0.2) is 11.5 Å². The normalized spacial score (nSPS) is 22.5. The first-order chi connectivity index (χ1) is 27.6. The molecule has 4 aliphatic heterocycles. The minimum Gasteiger partial charge on any atom is -0.493 e. The maximum absolute atomic E-state index is 13.7. The monoisotopic (exact) mass is 798 g/mol. The summed E-state index contributed by atoms with van der Waals surface area (Å²) in [5.41, 5.74) is 5.14. The molecule has 3 aromatic carbocycles. The topological polar surface area (TPSA) is 115 Å². The van der Waals surface area contributed by atoms with E-state index in [4.69, 9.17) is 21.1 Å². The van der Waals surface area contributed by atoms with Crippen molar-refractivity contribution in [3.8, 4) is 11.5 Å². The first kappa shape index (κ1) is 39.3. The summed E-state index contributed by atoms with van der Waals surface area (Å²) in [6.45, 7) is 13.1. The molecule has 57 heavy (non-hydrogen) atoms. The van der Waals surface area contributed by atoms with Crippen molar-refractivity contribution in [1.29, 1.82) is 0 Å². The maximum Gasteiger partial charge on any atom is 0.243 e. The van der Waals surface area contributed by atoms with Gasteiger partial charge in [-0.1, -0.05) is 17.7 Å². The largest absolute Gasteiger partial charge is 0.493 e. The number of fused-ring (bicyclic) bond motifs is 2. The Hall–Kier alpha value is -4.56. The number of nitrogens with one attached hydrogen (secondary N) is 2. The minimum absolute atomic E-state index is 0.0309. The summed E-state index contributed by atoms with van der Waals surface area (Å²) >= 11 is 6.00. The number of amides is 2. The third-order valence-corrected chi connectivity index (χ3v) is 12.4. The zero-order valence-electron chi connectivity index (χ0n) is 33.0. The second-order valence-electron chi connectivity index (χ2n) is 16.1. The standard InChI is InChI=1S/C43H52ClFN8O4/c1-27-21-51(22-28(2)53(27)33-7-5-30-24-52(25-31(30)17-33)38-9-10-41(54)49-43(38)55)23-29-11-14-50(15-12-29)13-4-16-57-40-19-34-37(20-39(40)56-3)46-26-47-42(34)48-32-6-8-36(45)35(44)18-32/h5-8,17-20,26-29,38H,4,9-16,21-25H2,1-3H3,(H,46,47,48)(H,49,54,55). The predicted octanol–water partition coefficient (Wildman–Crippen LogP) is 6.38. The Morgan fingerprint density at radius 3 is 2.47 bits per heavy atom. The molecule has 0 bridgehead atoms. The van der Waals surface area contributed by atoms with Crippen LogP contribution < -0.4 is 25.0 Å². The van der Waals surface area contributed by atoms with Gasteiger partial charge in [0.25, 0.3) is 0 Å². The number of rotatable bonds is 12. The van der Waals surface area contributed by atoms with E-state index >= 15 is 0 Å². The minimum atomic E-state index is -0.480. The number of piperazine rings is 1. The highest BCUT2D eigenvalue weighted by molar-refractivity contribution is 6.31. The van der Waals surface area contributed by atoms with E-state index in [1.54, 1.807) is 13.2 Å². The van der Waals surface area contributed by atoms with Gasteiger partial charge in [-0.3, -0.25) is 24.7 Å². The molecule has 4 aromatic rings. The van der Waals surface area contributed by atoms with Gasteiger partial charge in [-0.15, -0.1) is 0 Å². The molecular formula is C43H52ClFN8O4. The molecule has 2 N–H and O–H groups in total. The first-order valence-corrected chi connectivity index (χ1v) is 20.6. The number of aromatic nitrogens is 2. The SMILES string of the molecule is COc1cc2ncnc(Nc3ccc(F)c(Cl)c3)c2cc1OCCCN1CCC(CN2CC(C)N(c3ccc4c(c3)CN(C3CCC(=O)NC3=O)C4)C(C)C2)CC1. The number of carbonyl (C=O) groups is 2. The Morgan fingerprint density at radius 2 is 1.72 bits per heavy atom. The fourth-order valence-corrected chi connectivity index (χ4v) is 9.46. The number of hydrogen-bond acceptors (Lipinski definition) is 11. The zero-order chi connectivity index (χ0) is 39.6. The van der Waals surface area contributed by atoms with Crippen LogP contribution in [-0.4, -0.2) is 108 Å². The molecule has 14 heteroatoms. The molecule has 12 nitrogen and oxygen atoms in total. The Bertz CT molecular complexity index is 2100. The number of likely N-dealkylation sites (tertiary alicyclic amines) is 1. The van der Waals surface area contributed by atoms with Gasteiger partial charge >= 0.3 is 0 Å². The van der Waals surface area contributed by atoms with Gasteiger partial charge in [-0.25, -0.2) is 14.4 Å². The average molecular weight is 799 g/mol.